The second-order valence-electron chi connectivity index (χ2n) is 13.5. The summed E-state index contributed by atoms with van der Waals surface area (Å²) in [6, 6.07) is 7.53. The zero-order chi connectivity index (χ0) is 34.7. The number of carbonyl (C=O) groups excluding carboxylic acids is 4. The third-order valence-electron chi connectivity index (χ3n) is 9.19. The van der Waals surface area contributed by atoms with E-state index in [1.807, 2.05) is 24.3 Å². The van der Waals surface area contributed by atoms with Crippen LogP contribution in [-0.2, 0) is 19.2 Å². The monoisotopic (exact) mass is 670 g/mol. The maximum atomic E-state index is 13.1. The summed E-state index contributed by atoms with van der Waals surface area (Å²) >= 11 is 0. The van der Waals surface area contributed by atoms with Crippen LogP contribution in [0.5, 0.6) is 0 Å². The third-order valence-corrected chi connectivity index (χ3v) is 9.19. The van der Waals surface area contributed by atoms with Gasteiger partial charge in [0, 0.05) is 49.4 Å². The molecule has 2 aliphatic heterocycles. The first-order chi connectivity index (χ1) is 23.3. The first-order valence-electron chi connectivity index (χ1n) is 18.4. The van der Waals surface area contributed by atoms with Crippen LogP contribution in [0.3, 0.4) is 0 Å². The number of hydrogen-bond acceptors (Lipinski definition) is 8. The Balaban J connectivity index is 1.56. The Bertz CT molecular complexity index is 1050. The zero-order valence-electron chi connectivity index (χ0n) is 29.6. The molecule has 4 amide bonds. The molecule has 2 atom stereocenters. The molecule has 0 spiro atoms. The highest BCUT2D eigenvalue weighted by atomic mass is 16.2. The number of rotatable bonds is 24. The molecule has 2 aliphatic rings. The smallest absolute Gasteiger partial charge is 0.242 e. The van der Waals surface area contributed by atoms with E-state index in [0.29, 0.717) is 65.4 Å². The van der Waals surface area contributed by atoms with Crippen molar-refractivity contribution in [1.29, 1.82) is 0 Å². The van der Waals surface area contributed by atoms with Crippen molar-refractivity contribution in [3.8, 4) is 0 Å². The maximum absolute atomic E-state index is 13.1. The standard InChI is InChI=1S/C36H62N8O4/c1-3-5-7-15-33(45)39-29(13-9-11-21-37)23-41-25-35(47)43(27-41)31-17-19-32(20-18-31)44-28-42(26-36(44)48)24-30(14-10-12-22-38)40-34(46)16-8-6-4-2/h17-20,29-30H,3-16,21-28,37-38H2,1-2H3,(H,39,45)(H,40,46)/t29-,30-/m0/s1. The van der Waals surface area contributed by atoms with Crippen molar-refractivity contribution in [3.05, 3.63) is 24.3 Å². The van der Waals surface area contributed by atoms with Gasteiger partial charge in [-0.25, -0.2) is 0 Å². The van der Waals surface area contributed by atoms with Crippen molar-refractivity contribution in [2.45, 2.75) is 116 Å². The quantitative estimate of drug-likeness (QED) is 0.122. The summed E-state index contributed by atoms with van der Waals surface area (Å²) in [5.74, 6) is 0.170. The lowest BCUT2D eigenvalue weighted by Crippen LogP contribution is -2.43. The first-order valence-corrected chi connectivity index (χ1v) is 18.4. The molecular formula is C36H62N8O4. The third kappa shape index (κ3) is 13.4. The van der Waals surface area contributed by atoms with Crippen molar-refractivity contribution in [2.75, 3.05) is 62.4 Å². The Hall–Kier alpha value is -3.06. The van der Waals surface area contributed by atoms with Crippen LogP contribution in [0.1, 0.15) is 104 Å². The van der Waals surface area contributed by atoms with Gasteiger partial charge in [-0.05, 0) is 75.9 Å². The summed E-state index contributed by atoms with van der Waals surface area (Å²) < 4.78 is 0. The fourth-order valence-corrected chi connectivity index (χ4v) is 6.50. The number of nitrogens with zero attached hydrogens (tertiary/aromatic N) is 4. The van der Waals surface area contributed by atoms with Gasteiger partial charge >= 0.3 is 0 Å². The number of carbonyl (C=O) groups is 4. The van der Waals surface area contributed by atoms with Crippen molar-refractivity contribution < 1.29 is 19.2 Å². The molecule has 1 aromatic rings. The molecule has 270 valence electrons. The molecule has 2 saturated heterocycles. The summed E-state index contributed by atoms with van der Waals surface area (Å²) in [4.78, 5) is 59.0. The van der Waals surface area contributed by atoms with Gasteiger partial charge in [0.2, 0.25) is 23.6 Å². The molecule has 0 aliphatic carbocycles. The Morgan fingerprint density at radius 3 is 1.40 bits per heavy atom. The van der Waals surface area contributed by atoms with Crippen molar-refractivity contribution >= 4 is 35.0 Å². The Kier molecular flexibility index (Phi) is 17.9. The van der Waals surface area contributed by atoms with Crippen LogP contribution in [0, 0.1) is 0 Å². The lowest BCUT2D eigenvalue weighted by Gasteiger charge is -2.25. The van der Waals surface area contributed by atoms with Crippen LogP contribution in [0.25, 0.3) is 0 Å². The first kappa shape index (κ1) is 39.4. The molecule has 48 heavy (non-hydrogen) atoms. The SMILES string of the molecule is CCCCCC(=O)N[C@@H](CCCCN)CN1CC(=O)N(c2ccc(N3CN(C[C@H](CCCCN)NC(=O)CCCCC)CC3=O)cc2)C1. The molecule has 6 N–H and O–H groups in total. The number of unbranched alkanes of at least 4 members (excludes halogenated alkanes) is 6. The lowest BCUT2D eigenvalue weighted by atomic mass is 10.1. The fraction of sp³-hybridized carbons (Fsp3) is 0.722. The van der Waals surface area contributed by atoms with E-state index in [1.54, 1.807) is 9.80 Å². The number of anilines is 2. The average molecular weight is 671 g/mol. The van der Waals surface area contributed by atoms with E-state index in [2.05, 4.69) is 34.3 Å². The molecule has 0 radical (unpaired) electrons. The summed E-state index contributed by atoms with van der Waals surface area (Å²) in [5, 5.41) is 6.41. The van der Waals surface area contributed by atoms with Gasteiger partial charge in [-0.1, -0.05) is 52.4 Å². The molecule has 2 heterocycles. The number of amides is 4. The van der Waals surface area contributed by atoms with Gasteiger partial charge in [0.25, 0.3) is 0 Å². The summed E-state index contributed by atoms with van der Waals surface area (Å²) in [7, 11) is 0. The molecule has 12 nitrogen and oxygen atoms in total. The molecule has 2 fully saturated rings. The number of hydrogen-bond donors (Lipinski definition) is 4. The van der Waals surface area contributed by atoms with Gasteiger partial charge < -0.3 is 22.1 Å². The van der Waals surface area contributed by atoms with Crippen molar-refractivity contribution in [3.63, 3.8) is 0 Å². The van der Waals surface area contributed by atoms with Crippen molar-refractivity contribution in [2.24, 2.45) is 11.5 Å². The van der Waals surface area contributed by atoms with E-state index < -0.39 is 0 Å². The minimum atomic E-state index is -0.0282. The van der Waals surface area contributed by atoms with Gasteiger partial charge in [-0.15, -0.1) is 0 Å². The van der Waals surface area contributed by atoms with E-state index in [-0.39, 0.29) is 35.7 Å². The Labute approximate surface area is 288 Å². The summed E-state index contributed by atoms with van der Waals surface area (Å²) in [6.07, 6.45) is 12.4. The molecule has 0 bridgehead atoms. The van der Waals surface area contributed by atoms with Crippen LogP contribution in [0.4, 0.5) is 11.4 Å². The van der Waals surface area contributed by atoms with E-state index in [9.17, 15) is 19.2 Å². The second-order valence-corrected chi connectivity index (χ2v) is 13.5. The molecule has 0 aromatic heterocycles. The van der Waals surface area contributed by atoms with Gasteiger partial charge in [-0.2, -0.15) is 0 Å². The van der Waals surface area contributed by atoms with E-state index in [4.69, 9.17) is 11.5 Å². The van der Waals surface area contributed by atoms with Crippen LogP contribution in [0.2, 0.25) is 0 Å². The Morgan fingerprint density at radius 1 is 0.646 bits per heavy atom. The number of nitrogens with one attached hydrogen (secondary N) is 2. The molecular weight excluding hydrogens is 608 g/mol. The summed E-state index contributed by atoms with van der Waals surface area (Å²) in [6.45, 7) is 8.19. The highest BCUT2D eigenvalue weighted by Gasteiger charge is 2.32. The predicted molar refractivity (Wildman–Crippen MR) is 192 cm³/mol. The molecule has 3 rings (SSSR count). The largest absolute Gasteiger partial charge is 0.352 e. The van der Waals surface area contributed by atoms with E-state index >= 15 is 0 Å². The van der Waals surface area contributed by atoms with Gasteiger partial charge in [0.15, 0.2) is 0 Å². The van der Waals surface area contributed by atoms with E-state index in [0.717, 1.165) is 88.4 Å². The predicted octanol–water partition coefficient (Wildman–Crippen LogP) is 3.29. The molecule has 0 saturated carbocycles. The van der Waals surface area contributed by atoms with Gasteiger partial charge in [0.05, 0.1) is 26.4 Å². The number of benzene rings is 1. The van der Waals surface area contributed by atoms with Gasteiger partial charge in [0.1, 0.15) is 0 Å². The van der Waals surface area contributed by atoms with Gasteiger partial charge in [-0.3, -0.25) is 38.8 Å². The normalized spacial score (nSPS) is 16.9. The van der Waals surface area contributed by atoms with Crippen LogP contribution in [-0.4, -0.2) is 98.1 Å². The molecule has 12 heteroatoms. The number of nitrogens with two attached hydrogens (primary N) is 2. The Morgan fingerprint density at radius 2 is 1.04 bits per heavy atom. The van der Waals surface area contributed by atoms with Crippen LogP contribution < -0.4 is 31.9 Å². The van der Waals surface area contributed by atoms with Crippen LogP contribution >= 0.6 is 0 Å². The summed E-state index contributed by atoms with van der Waals surface area (Å²) in [5.41, 5.74) is 13.0. The molecule has 1 aromatic carbocycles. The molecule has 0 unspecified atom stereocenters. The zero-order valence-corrected chi connectivity index (χ0v) is 29.6. The average Bonchev–Trinajstić information content (AvgIpc) is 3.62. The van der Waals surface area contributed by atoms with Crippen molar-refractivity contribution in [1.82, 2.24) is 20.4 Å². The van der Waals surface area contributed by atoms with Crippen LogP contribution in [0.15, 0.2) is 24.3 Å². The second kappa shape index (κ2) is 21.8. The van der Waals surface area contributed by atoms with E-state index in [1.165, 1.54) is 0 Å². The lowest BCUT2D eigenvalue weighted by molar-refractivity contribution is -0.123. The minimum absolute atomic E-state index is 0.0126. The maximum Gasteiger partial charge on any atom is 0.242 e. The highest BCUT2D eigenvalue weighted by molar-refractivity contribution is 5.98. The highest BCUT2D eigenvalue weighted by Crippen LogP contribution is 2.26. The topological polar surface area (TPSA) is 157 Å². The minimum Gasteiger partial charge on any atom is -0.352 e. The fourth-order valence-electron chi connectivity index (χ4n) is 6.50.